The molecule has 122 valence electrons. The molecule has 0 atom stereocenters. The summed E-state index contributed by atoms with van der Waals surface area (Å²) in [7, 11) is 0. The van der Waals surface area contributed by atoms with Gasteiger partial charge in [0.1, 0.15) is 0 Å². The van der Waals surface area contributed by atoms with Crippen LogP contribution in [0.4, 0.5) is 0 Å². The van der Waals surface area contributed by atoms with Gasteiger partial charge in [0.15, 0.2) is 5.69 Å². The van der Waals surface area contributed by atoms with E-state index >= 15 is 0 Å². The van der Waals surface area contributed by atoms with Crippen molar-refractivity contribution < 1.29 is 14.6 Å². The van der Waals surface area contributed by atoms with Crippen LogP contribution in [-0.4, -0.2) is 33.6 Å². The van der Waals surface area contributed by atoms with E-state index in [1.807, 2.05) is 11.6 Å². The number of fused-ring (bicyclic) bond motifs is 1. The maximum absolute atomic E-state index is 12.0. The van der Waals surface area contributed by atoms with Crippen molar-refractivity contribution in [3.8, 4) is 0 Å². The number of nitrogens with zero attached hydrogens (tertiary/aromatic N) is 2. The molecule has 0 bridgehead atoms. The molecule has 0 saturated heterocycles. The summed E-state index contributed by atoms with van der Waals surface area (Å²) in [5.74, 6) is 0.399. The lowest BCUT2D eigenvalue weighted by atomic mass is 9.85. The van der Waals surface area contributed by atoms with Gasteiger partial charge in [0, 0.05) is 17.8 Å². The van der Waals surface area contributed by atoms with Gasteiger partial charge < -0.3 is 9.84 Å². The molecule has 1 heterocycles. The fourth-order valence-corrected chi connectivity index (χ4v) is 3.80. The van der Waals surface area contributed by atoms with Crippen molar-refractivity contribution >= 4 is 5.97 Å². The maximum Gasteiger partial charge on any atom is 0.359 e. The molecule has 0 aromatic carbocycles. The fraction of sp³-hybridized carbons (Fsp3) is 0.765. The third-order valence-corrected chi connectivity index (χ3v) is 5.04. The second kappa shape index (κ2) is 6.82. The molecule has 1 fully saturated rings. The summed E-state index contributed by atoms with van der Waals surface area (Å²) in [5, 5.41) is 14.1. The van der Waals surface area contributed by atoms with Gasteiger partial charge >= 0.3 is 5.97 Å². The largest absolute Gasteiger partial charge is 0.461 e. The van der Waals surface area contributed by atoms with E-state index in [0.29, 0.717) is 18.2 Å². The Bertz CT molecular complexity index is 530. The van der Waals surface area contributed by atoms with Gasteiger partial charge in [0.25, 0.3) is 0 Å². The lowest BCUT2D eigenvalue weighted by molar-refractivity contribution is 0.0517. The van der Waals surface area contributed by atoms with E-state index < -0.39 is 0 Å². The molecule has 0 amide bonds. The highest BCUT2D eigenvalue weighted by atomic mass is 16.5. The molecule has 0 radical (unpaired) electrons. The Kier molecular flexibility index (Phi) is 4.81. The van der Waals surface area contributed by atoms with Gasteiger partial charge in [-0.3, -0.25) is 4.68 Å². The van der Waals surface area contributed by atoms with E-state index in [1.54, 1.807) is 0 Å². The molecule has 1 saturated carbocycles. The normalized spacial score (nSPS) is 24.3. The number of aromatic nitrogens is 2. The molecule has 0 aliphatic heterocycles. The van der Waals surface area contributed by atoms with Crippen LogP contribution >= 0.6 is 0 Å². The molecule has 1 N–H and O–H groups in total. The van der Waals surface area contributed by atoms with Crippen molar-refractivity contribution in [2.24, 2.45) is 5.92 Å². The van der Waals surface area contributed by atoms with Gasteiger partial charge in [-0.25, -0.2) is 4.79 Å². The quantitative estimate of drug-likeness (QED) is 0.849. The number of carbonyl (C=O) groups is 1. The standard InChI is InChI=1S/C17H26N2O3/c1-2-22-17(21)16-14-4-3-5-15(14)19(18-16)11-10-12-6-8-13(20)9-7-12/h12-13,20H,2-11H2,1H3. The Morgan fingerprint density at radius 2 is 2.09 bits per heavy atom. The highest BCUT2D eigenvalue weighted by Gasteiger charge is 2.27. The molecule has 3 rings (SSSR count). The number of esters is 1. The predicted octanol–water partition coefficient (Wildman–Crippen LogP) is 2.49. The average molecular weight is 306 g/mol. The highest BCUT2D eigenvalue weighted by Crippen LogP contribution is 2.29. The Morgan fingerprint density at radius 3 is 2.82 bits per heavy atom. The van der Waals surface area contributed by atoms with Crippen molar-refractivity contribution in [1.29, 1.82) is 0 Å². The number of ether oxygens (including phenoxy) is 1. The van der Waals surface area contributed by atoms with Crippen LogP contribution in [0, 0.1) is 5.92 Å². The van der Waals surface area contributed by atoms with E-state index in [0.717, 1.165) is 63.5 Å². The molecular weight excluding hydrogens is 280 g/mol. The zero-order valence-corrected chi connectivity index (χ0v) is 13.4. The monoisotopic (exact) mass is 306 g/mol. The Labute approximate surface area is 131 Å². The SMILES string of the molecule is CCOC(=O)c1nn(CCC2CCC(O)CC2)c2c1CCC2. The van der Waals surface area contributed by atoms with Gasteiger partial charge in [-0.1, -0.05) is 0 Å². The van der Waals surface area contributed by atoms with Crippen molar-refractivity contribution in [2.45, 2.75) is 70.9 Å². The molecule has 2 aliphatic rings. The van der Waals surface area contributed by atoms with Crippen molar-refractivity contribution in [3.05, 3.63) is 17.0 Å². The number of rotatable bonds is 5. The molecule has 5 heteroatoms. The minimum Gasteiger partial charge on any atom is -0.461 e. The number of aliphatic hydroxyl groups is 1. The number of aliphatic hydroxyl groups excluding tert-OH is 1. The minimum atomic E-state index is -0.278. The first kappa shape index (κ1) is 15.5. The third kappa shape index (κ3) is 3.19. The van der Waals surface area contributed by atoms with Crippen LogP contribution in [0.3, 0.4) is 0 Å². The zero-order chi connectivity index (χ0) is 15.5. The lowest BCUT2D eigenvalue weighted by Crippen LogP contribution is -2.20. The lowest BCUT2D eigenvalue weighted by Gasteiger charge is -2.25. The molecule has 22 heavy (non-hydrogen) atoms. The third-order valence-electron chi connectivity index (χ3n) is 5.04. The van der Waals surface area contributed by atoms with E-state index in [-0.39, 0.29) is 12.1 Å². The Morgan fingerprint density at radius 1 is 1.32 bits per heavy atom. The van der Waals surface area contributed by atoms with Gasteiger partial charge in [-0.15, -0.1) is 0 Å². The summed E-state index contributed by atoms with van der Waals surface area (Å²) in [6, 6.07) is 0. The highest BCUT2D eigenvalue weighted by molar-refractivity contribution is 5.89. The number of carbonyl (C=O) groups excluding carboxylic acids is 1. The van der Waals surface area contributed by atoms with Gasteiger partial charge in [-0.2, -0.15) is 5.10 Å². The van der Waals surface area contributed by atoms with E-state index in [2.05, 4.69) is 5.10 Å². The smallest absolute Gasteiger partial charge is 0.359 e. The first-order valence-corrected chi connectivity index (χ1v) is 8.62. The molecule has 1 aromatic heterocycles. The van der Waals surface area contributed by atoms with Crippen LogP contribution in [0.25, 0.3) is 0 Å². The van der Waals surface area contributed by atoms with Gasteiger partial charge in [0.2, 0.25) is 0 Å². The van der Waals surface area contributed by atoms with Crippen LogP contribution in [-0.2, 0) is 24.1 Å². The van der Waals surface area contributed by atoms with Crippen LogP contribution < -0.4 is 0 Å². The summed E-state index contributed by atoms with van der Waals surface area (Å²) >= 11 is 0. The van der Waals surface area contributed by atoms with E-state index in [1.165, 1.54) is 5.69 Å². The van der Waals surface area contributed by atoms with Crippen LogP contribution in [0.2, 0.25) is 0 Å². The number of aryl methyl sites for hydroxylation is 1. The summed E-state index contributed by atoms with van der Waals surface area (Å²) < 4.78 is 7.17. The first-order valence-electron chi connectivity index (χ1n) is 8.62. The van der Waals surface area contributed by atoms with E-state index in [4.69, 9.17) is 4.74 Å². The van der Waals surface area contributed by atoms with E-state index in [9.17, 15) is 9.90 Å². The van der Waals surface area contributed by atoms with Crippen molar-refractivity contribution in [2.75, 3.05) is 6.61 Å². The molecule has 2 aliphatic carbocycles. The predicted molar refractivity (Wildman–Crippen MR) is 82.8 cm³/mol. The molecular formula is C17H26N2O3. The van der Waals surface area contributed by atoms with Crippen molar-refractivity contribution in [1.82, 2.24) is 9.78 Å². The summed E-state index contributed by atoms with van der Waals surface area (Å²) in [5.41, 5.74) is 2.88. The first-order chi connectivity index (χ1) is 10.7. The summed E-state index contributed by atoms with van der Waals surface area (Å²) in [4.78, 5) is 12.0. The number of hydrogen-bond acceptors (Lipinski definition) is 4. The van der Waals surface area contributed by atoms with Gasteiger partial charge in [0.05, 0.1) is 12.7 Å². The molecule has 5 nitrogen and oxygen atoms in total. The van der Waals surface area contributed by atoms with Crippen LogP contribution in [0.5, 0.6) is 0 Å². The van der Waals surface area contributed by atoms with Crippen LogP contribution in [0.1, 0.15) is 67.2 Å². The molecule has 0 unspecified atom stereocenters. The molecule has 0 spiro atoms. The van der Waals surface area contributed by atoms with Gasteiger partial charge in [-0.05, 0) is 64.2 Å². The molecule has 1 aromatic rings. The summed E-state index contributed by atoms with van der Waals surface area (Å²) in [6.07, 6.45) is 8.12. The Balaban J connectivity index is 1.66. The maximum atomic E-state index is 12.0. The number of hydrogen-bond donors (Lipinski definition) is 1. The van der Waals surface area contributed by atoms with Crippen LogP contribution in [0.15, 0.2) is 0 Å². The Hall–Kier alpha value is -1.36. The average Bonchev–Trinajstić information content (AvgIpc) is 3.09. The zero-order valence-electron chi connectivity index (χ0n) is 13.4. The second-order valence-corrected chi connectivity index (χ2v) is 6.53. The topological polar surface area (TPSA) is 64.3 Å². The minimum absolute atomic E-state index is 0.0967. The summed E-state index contributed by atoms with van der Waals surface area (Å²) in [6.45, 7) is 3.10. The second-order valence-electron chi connectivity index (χ2n) is 6.53. The van der Waals surface area contributed by atoms with Crippen molar-refractivity contribution in [3.63, 3.8) is 0 Å². The fourth-order valence-electron chi connectivity index (χ4n) is 3.80.